The van der Waals surface area contributed by atoms with Gasteiger partial charge in [0.05, 0.1) is 11.7 Å². The molecule has 1 unspecified atom stereocenters. The Morgan fingerprint density at radius 2 is 2.21 bits per heavy atom. The molecule has 0 fully saturated rings. The van der Waals surface area contributed by atoms with Crippen molar-refractivity contribution in [3.8, 4) is 0 Å². The first-order valence-electron chi connectivity index (χ1n) is 6.15. The Kier molecular flexibility index (Phi) is 4.55. The molecule has 1 aromatic carbocycles. The quantitative estimate of drug-likeness (QED) is 0.918. The third kappa shape index (κ3) is 2.81. The van der Waals surface area contributed by atoms with Crippen molar-refractivity contribution in [3.05, 3.63) is 50.2 Å². The van der Waals surface area contributed by atoms with Gasteiger partial charge in [0.2, 0.25) is 0 Å². The minimum atomic E-state index is -0.308. The number of aromatic nitrogens is 1. The molecule has 102 valence electrons. The van der Waals surface area contributed by atoms with Gasteiger partial charge in [0.1, 0.15) is 10.8 Å². The van der Waals surface area contributed by atoms with Crippen LogP contribution in [0.5, 0.6) is 0 Å². The van der Waals surface area contributed by atoms with Gasteiger partial charge in [-0.2, -0.15) is 0 Å². The smallest absolute Gasteiger partial charge is 0.129 e. The van der Waals surface area contributed by atoms with Crippen molar-refractivity contribution in [2.75, 3.05) is 7.05 Å². The molecule has 0 amide bonds. The standard InChI is InChI=1S/C14H16ClFN2S/c1-4-11-8(2)19-14(18-11)13(17-3)12-9(15)6-5-7-10(12)16/h5-7,13,17H,4H2,1-3H3. The first-order chi connectivity index (χ1) is 9.08. The third-order valence-corrected chi connectivity index (χ3v) is 4.48. The second-order valence-electron chi connectivity index (χ2n) is 4.27. The van der Waals surface area contributed by atoms with Crippen LogP contribution >= 0.6 is 22.9 Å². The van der Waals surface area contributed by atoms with Crippen LogP contribution in [0.25, 0.3) is 0 Å². The first kappa shape index (κ1) is 14.4. The number of nitrogens with zero attached hydrogens (tertiary/aromatic N) is 1. The largest absolute Gasteiger partial charge is 0.307 e. The second kappa shape index (κ2) is 5.99. The van der Waals surface area contributed by atoms with E-state index in [1.807, 2.05) is 6.92 Å². The Balaban J connectivity index is 2.50. The molecule has 1 heterocycles. The number of benzene rings is 1. The van der Waals surface area contributed by atoms with Crippen molar-refractivity contribution >= 4 is 22.9 Å². The van der Waals surface area contributed by atoms with E-state index in [0.717, 1.165) is 17.1 Å². The number of hydrogen-bond donors (Lipinski definition) is 1. The molecule has 1 aromatic heterocycles. The Morgan fingerprint density at radius 3 is 2.74 bits per heavy atom. The average molecular weight is 299 g/mol. The maximum absolute atomic E-state index is 14.0. The predicted octanol–water partition coefficient (Wildman–Crippen LogP) is 4.12. The molecule has 0 radical (unpaired) electrons. The zero-order valence-electron chi connectivity index (χ0n) is 11.1. The molecule has 1 N–H and O–H groups in total. The summed E-state index contributed by atoms with van der Waals surface area (Å²) in [4.78, 5) is 5.76. The molecule has 2 aromatic rings. The zero-order valence-corrected chi connectivity index (χ0v) is 12.7. The van der Waals surface area contributed by atoms with E-state index in [-0.39, 0.29) is 11.9 Å². The van der Waals surface area contributed by atoms with Crippen LogP contribution < -0.4 is 5.32 Å². The SMILES string of the molecule is CCc1nc(C(NC)c2c(F)cccc2Cl)sc1C. The van der Waals surface area contributed by atoms with Crippen molar-refractivity contribution in [2.45, 2.75) is 26.3 Å². The normalized spacial score (nSPS) is 12.7. The number of nitrogens with one attached hydrogen (secondary N) is 1. The van der Waals surface area contributed by atoms with Gasteiger partial charge in [-0.15, -0.1) is 11.3 Å². The Morgan fingerprint density at radius 1 is 1.47 bits per heavy atom. The molecule has 0 spiro atoms. The molecule has 2 nitrogen and oxygen atoms in total. The van der Waals surface area contributed by atoms with Crippen LogP contribution in [-0.2, 0) is 6.42 Å². The topological polar surface area (TPSA) is 24.9 Å². The van der Waals surface area contributed by atoms with Crippen molar-refractivity contribution < 1.29 is 4.39 Å². The third-order valence-electron chi connectivity index (χ3n) is 3.07. The summed E-state index contributed by atoms with van der Waals surface area (Å²) in [5.74, 6) is -0.308. The molecule has 0 aliphatic heterocycles. The minimum absolute atomic E-state index is 0.308. The molecule has 2 rings (SSSR count). The monoisotopic (exact) mass is 298 g/mol. The van der Waals surface area contributed by atoms with Crippen LogP contribution in [0.15, 0.2) is 18.2 Å². The molecule has 0 aliphatic rings. The van der Waals surface area contributed by atoms with Crippen LogP contribution in [0.3, 0.4) is 0 Å². The van der Waals surface area contributed by atoms with Gasteiger partial charge >= 0.3 is 0 Å². The van der Waals surface area contributed by atoms with Crippen molar-refractivity contribution in [2.24, 2.45) is 0 Å². The van der Waals surface area contributed by atoms with Crippen molar-refractivity contribution in [1.29, 1.82) is 0 Å². The highest BCUT2D eigenvalue weighted by Gasteiger charge is 2.23. The average Bonchev–Trinajstić information content (AvgIpc) is 2.75. The molecule has 0 bridgehead atoms. The fraction of sp³-hybridized carbons (Fsp3) is 0.357. The molecule has 19 heavy (non-hydrogen) atoms. The maximum atomic E-state index is 14.0. The summed E-state index contributed by atoms with van der Waals surface area (Å²) in [6, 6.07) is 4.43. The fourth-order valence-corrected chi connectivity index (χ4v) is 3.48. The number of rotatable bonds is 4. The molecule has 0 saturated heterocycles. The molecular formula is C14H16ClFN2S. The number of aryl methyl sites for hydroxylation is 2. The van der Waals surface area contributed by atoms with Gasteiger partial charge in [-0.05, 0) is 32.5 Å². The van der Waals surface area contributed by atoms with Gasteiger partial charge < -0.3 is 5.32 Å². The molecule has 0 aliphatic carbocycles. The van der Waals surface area contributed by atoms with Crippen molar-refractivity contribution in [1.82, 2.24) is 10.3 Å². The van der Waals surface area contributed by atoms with Crippen LogP contribution in [-0.4, -0.2) is 12.0 Å². The van der Waals surface area contributed by atoms with Crippen LogP contribution in [0.2, 0.25) is 5.02 Å². The highest BCUT2D eigenvalue weighted by molar-refractivity contribution is 7.11. The lowest BCUT2D eigenvalue weighted by atomic mass is 10.1. The van der Waals surface area contributed by atoms with E-state index in [9.17, 15) is 4.39 Å². The lowest BCUT2D eigenvalue weighted by Crippen LogP contribution is -2.19. The van der Waals surface area contributed by atoms with Gasteiger partial charge in [-0.1, -0.05) is 24.6 Å². The van der Waals surface area contributed by atoms with Crippen molar-refractivity contribution in [3.63, 3.8) is 0 Å². The van der Waals surface area contributed by atoms with E-state index in [2.05, 4.69) is 17.2 Å². The van der Waals surface area contributed by atoms with Gasteiger partial charge in [0.25, 0.3) is 0 Å². The van der Waals surface area contributed by atoms with E-state index in [1.54, 1.807) is 30.5 Å². The highest BCUT2D eigenvalue weighted by atomic mass is 35.5. The lowest BCUT2D eigenvalue weighted by Gasteiger charge is -2.16. The number of halogens is 2. The Labute approximate surface area is 121 Å². The van der Waals surface area contributed by atoms with Gasteiger partial charge in [0, 0.05) is 15.5 Å². The Bertz CT molecular complexity index is 563. The van der Waals surface area contributed by atoms with Gasteiger partial charge in [-0.25, -0.2) is 9.37 Å². The first-order valence-corrected chi connectivity index (χ1v) is 7.35. The van der Waals surface area contributed by atoms with Gasteiger partial charge in [-0.3, -0.25) is 0 Å². The second-order valence-corrected chi connectivity index (χ2v) is 5.91. The van der Waals surface area contributed by atoms with E-state index in [1.165, 1.54) is 10.9 Å². The summed E-state index contributed by atoms with van der Waals surface area (Å²) in [5, 5.41) is 4.38. The minimum Gasteiger partial charge on any atom is -0.307 e. The molecule has 5 heteroatoms. The van der Waals surface area contributed by atoms with Crippen LogP contribution in [0, 0.1) is 12.7 Å². The zero-order chi connectivity index (χ0) is 14.0. The summed E-state index contributed by atoms with van der Waals surface area (Å²) in [7, 11) is 1.79. The lowest BCUT2D eigenvalue weighted by molar-refractivity contribution is 0.574. The molecular weight excluding hydrogens is 283 g/mol. The summed E-state index contributed by atoms with van der Waals surface area (Å²) in [6.45, 7) is 4.10. The number of thiazole rings is 1. The Hall–Kier alpha value is -0.970. The van der Waals surface area contributed by atoms with E-state index < -0.39 is 0 Å². The van der Waals surface area contributed by atoms with E-state index >= 15 is 0 Å². The van der Waals surface area contributed by atoms with E-state index in [0.29, 0.717) is 10.6 Å². The maximum Gasteiger partial charge on any atom is 0.129 e. The summed E-state index contributed by atoms with van der Waals surface area (Å²) in [6.07, 6.45) is 0.879. The summed E-state index contributed by atoms with van der Waals surface area (Å²) in [5.41, 5.74) is 1.52. The summed E-state index contributed by atoms with van der Waals surface area (Å²) < 4.78 is 14.0. The van der Waals surface area contributed by atoms with Crippen LogP contribution in [0.1, 0.15) is 34.1 Å². The molecule has 0 saturated carbocycles. The summed E-state index contributed by atoms with van der Waals surface area (Å²) >= 11 is 7.72. The fourth-order valence-electron chi connectivity index (χ4n) is 2.08. The molecule has 1 atom stereocenters. The van der Waals surface area contributed by atoms with E-state index in [4.69, 9.17) is 11.6 Å². The predicted molar refractivity (Wildman–Crippen MR) is 78.5 cm³/mol. The number of hydrogen-bond acceptors (Lipinski definition) is 3. The van der Waals surface area contributed by atoms with Crippen LogP contribution in [0.4, 0.5) is 4.39 Å². The van der Waals surface area contributed by atoms with Gasteiger partial charge in [0.15, 0.2) is 0 Å². The highest BCUT2D eigenvalue weighted by Crippen LogP contribution is 2.33.